The van der Waals surface area contributed by atoms with Gasteiger partial charge >= 0.3 is 12.3 Å². The lowest BCUT2D eigenvalue weighted by molar-refractivity contribution is -0.137. The van der Waals surface area contributed by atoms with Crippen LogP contribution < -0.4 is 0 Å². The number of piperidine rings is 1. The summed E-state index contributed by atoms with van der Waals surface area (Å²) < 4.78 is 43.0. The molecule has 0 aromatic heterocycles. The van der Waals surface area contributed by atoms with Crippen molar-refractivity contribution in [2.24, 2.45) is 0 Å². The van der Waals surface area contributed by atoms with Crippen LogP contribution in [0.5, 0.6) is 0 Å². The Bertz CT molecular complexity index is 617. The molecule has 0 N–H and O–H groups in total. The van der Waals surface area contributed by atoms with Crippen molar-refractivity contribution in [1.82, 2.24) is 4.90 Å². The fraction of sp³-hybridized carbons (Fsp3) is 0.529. The number of benzene rings is 1. The highest BCUT2D eigenvalue weighted by Crippen LogP contribution is 2.32. The SMILES string of the molecule is CC(C)(C)OC(=O)N1CCC(c2ccc(C(F)(F)F)cc2)C(=O)C1. The molecule has 1 unspecified atom stereocenters. The fourth-order valence-corrected chi connectivity index (χ4v) is 2.56. The van der Waals surface area contributed by atoms with Crippen LogP contribution in [0.4, 0.5) is 18.0 Å². The highest BCUT2D eigenvalue weighted by molar-refractivity contribution is 5.90. The molecule has 1 aromatic carbocycles. The van der Waals surface area contributed by atoms with E-state index < -0.39 is 29.4 Å². The second-order valence-electron chi connectivity index (χ2n) is 6.83. The smallest absolute Gasteiger partial charge is 0.416 e. The lowest BCUT2D eigenvalue weighted by Crippen LogP contribution is -2.45. The zero-order chi connectivity index (χ0) is 18.1. The molecule has 1 heterocycles. The number of carbonyl (C=O) groups is 2. The number of halogens is 3. The fourth-order valence-electron chi connectivity index (χ4n) is 2.56. The minimum Gasteiger partial charge on any atom is -0.444 e. The van der Waals surface area contributed by atoms with E-state index in [1.807, 2.05) is 0 Å². The molecule has 24 heavy (non-hydrogen) atoms. The second-order valence-corrected chi connectivity index (χ2v) is 6.83. The molecule has 1 fully saturated rings. The molecule has 4 nitrogen and oxygen atoms in total. The van der Waals surface area contributed by atoms with Crippen LogP contribution in [0.2, 0.25) is 0 Å². The van der Waals surface area contributed by atoms with Crippen LogP contribution in [-0.2, 0) is 15.7 Å². The second kappa shape index (κ2) is 6.45. The number of hydrogen-bond acceptors (Lipinski definition) is 3. The van der Waals surface area contributed by atoms with Gasteiger partial charge in [0.15, 0.2) is 5.78 Å². The number of carbonyl (C=O) groups excluding carboxylic acids is 2. The number of ketones is 1. The third-order valence-electron chi connectivity index (χ3n) is 3.72. The maximum atomic E-state index is 12.6. The Balaban J connectivity index is 2.04. The summed E-state index contributed by atoms with van der Waals surface area (Å²) in [7, 11) is 0. The third kappa shape index (κ3) is 4.49. The van der Waals surface area contributed by atoms with Crippen LogP contribution in [0.1, 0.15) is 44.2 Å². The van der Waals surface area contributed by atoms with E-state index >= 15 is 0 Å². The van der Waals surface area contributed by atoms with Crippen LogP contribution in [0.25, 0.3) is 0 Å². The number of rotatable bonds is 1. The van der Waals surface area contributed by atoms with E-state index in [-0.39, 0.29) is 12.3 Å². The first-order valence-corrected chi connectivity index (χ1v) is 7.65. The van der Waals surface area contributed by atoms with Gasteiger partial charge in [-0.1, -0.05) is 12.1 Å². The topological polar surface area (TPSA) is 46.6 Å². The van der Waals surface area contributed by atoms with Crippen molar-refractivity contribution < 1.29 is 27.5 Å². The average molecular weight is 343 g/mol. The number of ether oxygens (including phenoxy) is 1. The maximum absolute atomic E-state index is 12.6. The highest BCUT2D eigenvalue weighted by atomic mass is 19.4. The number of amides is 1. The lowest BCUT2D eigenvalue weighted by Gasteiger charge is -2.32. The number of Topliss-reactive ketones (excluding diaryl/α,β-unsaturated/α-hetero) is 1. The molecule has 1 amide bonds. The number of hydrogen-bond donors (Lipinski definition) is 0. The molecular formula is C17H20F3NO3. The van der Waals surface area contributed by atoms with Gasteiger partial charge in [-0.05, 0) is 44.9 Å². The zero-order valence-electron chi connectivity index (χ0n) is 13.8. The summed E-state index contributed by atoms with van der Waals surface area (Å²) in [5.74, 6) is -0.696. The third-order valence-corrected chi connectivity index (χ3v) is 3.72. The van der Waals surface area contributed by atoms with E-state index in [2.05, 4.69) is 0 Å². The predicted molar refractivity (Wildman–Crippen MR) is 81.6 cm³/mol. The molecule has 0 bridgehead atoms. The summed E-state index contributed by atoms with van der Waals surface area (Å²) in [4.78, 5) is 25.6. The Labute approximate surface area is 138 Å². The van der Waals surface area contributed by atoms with Gasteiger partial charge in [-0.25, -0.2) is 4.79 Å². The van der Waals surface area contributed by atoms with Crippen molar-refractivity contribution in [1.29, 1.82) is 0 Å². The molecule has 0 aliphatic carbocycles. The molecule has 2 rings (SSSR count). The van der Waals surface area contributed by atoms with Crippen molar-refractivity contribution in [2.45, 2.75) is 44.9 Å². The maximum Gasteiger partial charge on any atom is 0.416 e. The van der Waals surface area contributed by atoms with Gasteiger partial charge in [-0.2, -0.15) is 13.2 Å². The molecule has 1 aliphatic rings. The predicted octanol–water partition coefficient (Wildman–Crippen LogP) is 4.00. The van der Waals surface area contributed by atoms with Gasteiger partial charge in [0.1, 0.15) is 5.60 Å². The number of nitrogens with zero attached hydrogens (tertiary/aromatic N) is 1. The average Bonchev–Trinajstić information content (AvgIpc) is 2.44. The number of likely N-dealkylation sites (tertiary alicyclic amines) is 1. The van der Waals surface area contributed by atoms with E-state index in [0.717, 1.165) is 12.1 Å². The van der Waals surface area contributed by atoms with E-state index in [1.165, 1.54) is 17.0 Å². The summed E-state index contributed by atoms with van der Waals surface area (Å²) in [5.41, 5.74) is -0.855. The summed E-state index contributed by atoms with van der Waals surface area (Å²) >= 11 is 0. The highest BCUT2D eigenvalue weighted by Gasteiger charge is 2.34. The van der Waals surface area contributed by atoms with Crippen LogP contribution in [-0.4, -0.2) is 35.5 Å². The molecule has 1 saturated heterocycles. The normalized spacial score (nSPS) is 19.3. The molecule has 1 aliphatic heterocycles. The minimum atomic E-state index is -4.40. The largest absolute Gasteiger partial charge is 0.444 e. The van der Waals surface area contributed by atoms with Crippen molar-refractivity contribution in [2.75, 3.05) is 13.1 Å². The van der Waals surface area contributed by atoms with E-state index in [1.54, 1.807) is 20.8 Å². The van der Waals surface area contributed by atoms with Gasteiger partial charge in [0, 0.05) is 12.5 Å². The van der Waals surface area contributed by atoms with Crippen molar-refractivity contribution in [3.63, 3.8) is 0 Å². The molecule has 0 saturated carbocycles. The minimum absolute atomic E-state index is 0.0966. The van der Waals surface area contributed by atoms with Crippen molar-refractivity contribution >= 4 is 11.9 Å². The van der Waals surface area contributed by atoms with Crippen molar-refractivity contribution in [3.05, 3.63) is 35.4 Å². The summed E-state index contributed by atoms with van der Waals surface area (Å²) in [6.45, 7) is 5.44. The zero-order valence-corrected chi connectivity index (χ0v) is 13.8. The van der Waals surface area contributed by atoms with Crippen molar-refractivity contribution in [3.8, 4) is 0 Å². The Morgan fingerprint density at radius 2 is 1.75 bits per heavy atom. The van der Waals surface area contributed by atoms with Gasteiger partial charge in [-0.3, -0.25) is 4.79 Å². The monoisotopic (exact) mass is 343 g/mol. The van der Waals surface area contributed by atoms with Gasteiger partial charge < -0.3 is 9.64 Å². The quantitative estimate of drug-likeness (QED) is 0.774. The standard InChI is InChI=1S/C17H20F3NO3/c1-16(2,3)24-15(23)21-9-8-13(14(22)10-21)11-4-6-12(7-5-11)17(18,19)20/h4-7,13H,8-10H2,1-3H3. The Kier molecular flexibility index (Phi) is 4.92. The van der Waals surface area contributed by atoms with Crippen LogP contribution >= 0.6 is 0 Å². The summed E-state index contributed by atoms with van der Waals surface area (Å²) in [5, 5.41) is 0. The van der Waals surface area contributed by atoms with Crippen LogP contribution in [0, 0.1) is 0 Å². The molecule has 1 aromatic rings. The van der Waals surface area contributed by atoms with Crippen LogP contribution in [0.3, 0.4) is 0 Å². The molecule has 0 spiro atoms. The van der Waals surface area contributed by atoms with Gasteiger partial charge in [-0.15, -0.1) is 0 Å². The first-order valence-electron chi connectivity index (χ1n) is 7.65. The summed E-state index contributed by atoms with van der Waals surface area (Å²) in [6, 6.07) is 4.61. The first-order chi connectivity index (χ1) is 11.0. The van der Waals surface area contributed by atoms with Gasteiger partial charge in [0.2, 0.25) is 0 Å². The van der Waals surface area contributed by atoms with E-state index in [4.69, 9.17) is 4.74 Å². The summed E-state index contributed by atoms with van der Waals surface area (Å²) in [6.07, 6.45) is -4.59. The molecule has 7 heteroatoms. The Hall–Kier alpha value is -2.05. The lowest BCUT2D eigenvalue weighted by atomic mass is 9.88. The molecular weight excluding hydrogens is 323 g/mol. The first kappa shape index (κ1) is 18.3. The molecule has 132 valence electrons. The Morgan fingerprint density at radius 1 is 1.17 bits per heavy atom. The van der Waals surface area contributed by atoms with E-state index in [9.17, 15) is 22.8 Å². The van der Waals surface area contributed by atoms with Crippen LogP contribution in [0.15, 0.2) is 24.3 Å². The Morgan fingerprint density at radius 3 is 2.21 bits per heavy atom. The molecule has 0 radical (unpaired) electrons. The van der Waals surface area contributed by atoms with Gasteiger partial charge in [0.25, 0.3) is 0 Å². The van der Waals surface area contributed by atoms with Gasteiger partial charge in [0.05, 0.1) is 12.1 Å². The van der Waals surface area contributed by atoms with E-state index in [0.29, 0.717) is 18.5 Å². The molecule has 1 atom stereocenters. The number of alkyl halides is 3.